The van der Waals surface area contributed by atoms with E-state index in [1.807, 2.05) is 45.0 Å². The highest BCUT2D eigenvalue weighted by molar-refractivity contribution is 5.50. The first-order valence-electron chi connectivity index (χ1n) is 5.32. The van der Waals surface area contributed by atoms with Gasteiger partial charge in [-0.15, -0.1) is 0 Å². The van der Waals surface area contributed by atoms with Crippen LogP contribution in [0, 0.1) is 0 Å². The lowest BCUT2D eigenvalue weighted by atomic mass is 10.1. The lowest BCUT2D eigenvalue weighted by molar-refractivity contribution is 0.131. The molecule has 0 saturated heterocycles. The van der Waals surface area contributed by atoms with Gasteiger partial charge in [0.1, 0.15) is 11.4 Å². The predicted molar refractivity (Wildman–Crippen MR) is 67.2 cm³/mol. The van der Waals surface area contributed by atoms with Crippen LogP contribution < -0.4 is 4.74 Å². The van der Waals surface area contributed by atoms with Gasteiger partial charge in [-0.3, -0.25) is 0 Å². The van der Waals surface area contributed by atoms with E-state index in [0.717, 1.165) is 17.6 Å². The Morgan fingerprint density at radius 1 is 1.18 bits per heavy atom. The molecule has 0 aromatic heterocycles. The molecule has 90 valence electrons. The number of benzene rings is 1. The summed E-state index contributed by atoms with van der Waals surface area (Å²) in [7, 11) is 0. The fourth-order valence-corrected chi connectivity index (χ4v) is 1.19. The van der Waals surface area contributed by atoms with Crippen LogP contribution >= 0.6 is 0 Å². The van der Waals surface area contributed by atoms with Crippen molar-refractivity contribution in [2.24, 2.45) is 0 Å². The van der Waals surface area contributed by atoms with Gasteiger partial charge in [-0.05, 0) is 44.5 Å². The zero-order chi connectivity index (χ0) is 12.7. The van der Waals surface area contributed by atoms with Gasteiger partial charge in [-0.25, -0.2) is 4.79 Å². The Bertz CT molecular complexity index is 418. The van der Waals surface area contributed by atoms with Crippen LogP contribution in [0.15, 0.2) is 36.8 Å². The van der Waals surface area contributed by atoms with Crippen molar-refractivity contribution in [3.05, 3.63) is 42.4 Å². The van der Waals surface area contributed by atoms with Gasteiger partial charge < -0.3 is 9.47 Å². The zero-order valence-corrected chi connectivity index (χ0v) is 10.3. The van der Waals surface area contributed by atoms with Crippen LogP contribution in [0.5, 0.6) is 5.75 Å². The van der Waals surface area contributed by atoms with Crippen molar-refractivity contribution < 1.29 is 14.3 Å². The van der Waals surface area contributed by atoms with Crippen molar-refractivity contribution in [1.29, 1.82) is 0 Å². The fourth-order valence-electron chi connectivity index (χ4n) is 1.19. The molecule has 1 aromatic carbocycles. The lowest BCUT2D eigenvalue weighted by Gasteiger charge is -2.21. The number of carbonyl (C=O) groups excluding carboxylic acids is 1. The summed E-state index contributed by atoms with van der Waals surface area (Å²) < 4.78 is 10.4. The van der Waals surface area contributed by atoms with Crippen molar-refractivity contribution in [2.75, 3.05) is 0 Å². The van der Waals surface area contributed by atoms with E-state index in [-0.39, 0.29) is 5.60 Å². The van der Waals surface area contributed by atoms with Crippen LogP contribution in [0.4, 0.5) is 0 Å². The third-order valence-corrected chi connectivity index (χ3v) is 1.76. The average molecular weight is 232 g/mol. The molecule has 0 spiro atoms. The van der Waals surface area contributed by atoms with E-state index in [9.17, 15) is 4.79 Å². The Labute approximate surface area is 101 Å². The molecule has 0 aliphatic carbocycles. The number of rotatable bonds is 4. The van der Waals surface area contributed by atoms with Gasteiger partial charge in [-0.2, -0.15) is 0 Å². The highest BCUT2D eigenvalue weighted by atomic mass is 16.5. The van der Waals surface area contributed by atoms with E-state index >= 15 is 0 Å². The molecule has 0 aliphatic rings. The molecule has 0 saturated carbocycles. The summed E-state index contributed by atoms with van der Waals surface area (Å²) in [6, 6.07) is 7.60. The summed E-state index contributed by atoms with van der Waals surface area (Å²) in [6.45, 7) is 6.00. The molecule has 0 fully saturated rings. The predicted octanol–water partition coefficient (Wildman–Crippen LogP) is 3.20. The molecular weight excluding hydrogens is 216 g/mol. The topological polar surface area (TPSA) is 35.5 Å². The van der Waals surface area contributed by atoms with Crippen molar-refractivity contribution in [2.45, 2.75) is 26.4 Å². The molecule has 1 rings (SSSR count). The van der Waals surface area contributed by atoms with Gasteiger partial charge in [-0.1, -0.05) is 12.1 Å². The number of hydrogen-bond acceptors (Lipinski definition) is 3. The third-order valence-electron chi connectivity index (χ3n) is 1.76. The maximum atomic E-state index is 9.84. The van der Waals surface area contributed by atoms with Gasteiger partial charge in [0.25, 0.3) is 0 Å². The second-order valence-corrected chi connectivity index (χ2v) is 4.46. The second-order valence-electron chi connectivity index (χ2n) is 4.46. The van der Waals surface area contributed by atoms with E-state index in [2.05, 4.69) is 0 Å². The first-order valence-corrected chi connectivity index (χ1v) is 5.32. The summed E-state index contributed by atoms with van der Waals surface area (Å²) in [4.78, 5) is 9.84. The standard InChI is InChI=1S/C14H16O3/c1-14(2,3)17-13-6-4-12(5-7-13)8-10-16-11-9-15/h4-8,10-11H,1-3H3. The van der Waals surface area contributed by atoms with E-state index in [4.69, 9.17) is 9.47 Å². The van der Waals surface area contributed by atoms with Gasteiger partial charge in [0.2, 0.25) is 0 Å². The highest BCUT2D eigenvalue weighted by Crippen LogP contribution is 2.18. The lowest BCUT2D eigenvalue weighted by Crippen LogP contribution is -2.22. The van der Waals surface area contributed by atoms with Gasteiger partial charge in [0.05, 0.1) is 6.26 Å². The molecule has 0 amide bonds. The normalized spacial score (nSPS) is 11.0. The average Bonchev–Trinajstić information content (AvgIpc) is 2.25. The zero-order valence-electron chi connectivity index (χ0n) is 10.3. The number of ether oxygens (including phenoxy) is 2. The summed E-state index contributed by atoms with van der Waals surface area (Å²) in [5, 5.41) is 0. The summed E-state index contributed by atoms with van der Waals surface area (Å²) in [5.74, 6) is 2.34. The Kier molecular flexibility index (Phi) is 4.56. The second kappa shape index (κ2) is 5.92. The molecule has 0 heterocycles. The summed E-state index contributed by atoms with van der Waals surface area (Å²) >= 11 is 0. The van der Waals surface area contributed by atoms with Gasteiger partial charge >= 0.3 is 0 Å². The molecule has 0 aliphatic heterocycles. The monoisotopic (exact) mass is 232 g/mol. The molecule has 0 unspecified atom stereocenters. The van der Waals surface area contributed by atoms with Crippen LogP contribution in [0.25, 0.3) is 6.08 Å². The largest absolute Gasteiger partial charge is 0.488 e. The summed E-state index contributed by atoms with van der Waals surface area (Å²) in [6.07, 6.45) is 4.12. The van der Waals surface area contributed by atoms with E-state index in [1.54, 1.807) is 6.08 Å². The molecule has 17 heavy (non-hydrogen) atoms. The molecule has 1 aromatic rings. The molecule has 0 radical (unpaired) electrons. The van der Waals surface area contributed by atoms with Crippen molar-refractivity contribution in [1.82, 2.24) is 0 Å². The van der Waals surface area contributed by atoms with Crippen molar-refractivity contribution in [3.8, 4) is 5.75 Å². The maximum Gasteiger partial charge on any atom is 0.173 e. The summed E-state index contributed by atoms with van der Waals surface area (Å²) in [5.41, 5.74) is 0.764. The van der Waals surface area contributed by atoms with Crippen LogP contribution in [0.3, 0.4) is 0 Å². The molecule has 0 N–H and O–H groups in total. The first kappa shape index (κ1) is 13.1. The van der Waals surface area contributed by atoms with Crippen LogP contribution in [-0.4, -0.2) is 11.5 Å². The quantitative estimate of drug-likeness (QED) is 0.590. The highest BCUT2D eigenvalue weighted by Gasteiger charge is 2.10. The smallest absolute Gasteiger partial charge is 0.173 e. The molecule has 0 atom stereocenters. The minimum Gasteiger partial charge on any atom is -0.488 e. The minimum atomic E-state index is -0.199. The molecule has 3 heteroatoms. The number of hydrogen-bond donors (Lipinski definition) is 0. The van der Waals surface area contributed by atoms with Crippen molar-refractivity contribution >= 4 is 12.0 Å². The third kappa shape index (κ3) is 5.59. The molecule has 0 bridgehead atoms. The van der Waals surface area contributed by atoms with E-state index in [1.165, 1.54) is 12.2 Å². The van der Waals surface area contributed by atoms with Gasteiger partial charge in [0, 0.05) is 0 Å². The van der Waals surface area contributed by atoms with Crippen LogP contribution in [-0.2, 0) is 9.53 Å². The van der Waals surface area contributed by atoms with Crippen LogP contribution in [0.1, 0.15) is 26.3 Å². The van der Waals surface area contributed by atoms with Crippen LogP contribution in [0.2, 0.25) is 0 Å². The maximum absolute atomic E-state index is 9.84. The Hall–Kier alpha value is -1.99. The molecular formula is C14H16O3. The SMILES string of the molecule is CC(C)(C)Oc1ccc(C=COC=C=O)cc1. The Morgan fingerprint density at radius 2 is 1.82 bits per heavy atom. The fraction of sp³-hybridized carbons (Fsp3) is 0.286. The molecule has 3 nitrogen and oxygen atoms in total. The van der Waals surface area contributed by atoms with E-state index in [0.29, 0.717) is 0 Å². The Morgan fingerprint density at radius 3 is 2.35 bits per heavy atom. The minimum absolute atomic E-state index is 0.199. The first-order chi connectivity index (χ1) is 8.01. The van der Waals surface area contributed by atoms with Gasteiger partial charge in [0.15, 0.2) is 12.2 Å². The van der Waals surface area contributed by atoms with E-state index < -0.39 is 0 Å². The van der Waals surface area contributed by atoms with Crippen molar-refractivity contribution in [3.63, 3.8) is 0 Å². The Balaban J connectivity index is 2.62.